The molecule has 3 aromatic rings. The average Bonchev–Trinajstić information content (AvgIpc) is 3.44. The van der Waals surface area contributed by atoms with E-state index in [2.05, 4.69) is 38.9 Å². The Morgan fingerprint density at radius 3 is 2.26 bits per heavy atom. The fraction of sp³-hybridized carbons (Fsp3) is 0.310. The number of halogens is 3. The number of hydrogen-bond donors (Lipinski definition) is 3. The number of amidine groups is 1. The van der Waals surface area contributed by atoms with Gasteiger partial charge in [-0.15, -0.1) is 11.3 Å². The second kappa shape index (κ2) is 14.4. The average molecular weight is 668 g/mol. The molecule has 0 aliphatic carbocycles. The van der Waals surface area contributed by atoms with Crippen molar-refractivity contribution in [2.24, 2.45) is 10.7 Å². The molecule has 1 aliphatic rings. The third-order valence-electron chi connectivity index (χ3n) is 6.99. The zero-order valence-electron chi connectivity index (χ0n) is 24.2. The molecular formula is C29H33Cl3N6O4S. The third-order valence-corrected chi connectivity index (χ3v) is 9.05. The number of carbonyl (C=O) groups is 1. The van der Waals surface area contributed by atoms with Gasteiger partial charge < -0.3 is 40.4 Å². The van der Waals surface area contributed by atoms with Gasteiger partial charge >= 0.3 is 0 Å². The highest BCUT2D eigenvalue weighted by Crippen LogP contribution is 2.50. The summed E-state index contributed by atoms with van der Waals surface area (Å²) < 4.78 is 16.3. The monoisotopic (exact) mass is 666 g/mol. The molecule has 4 N–H and O–H groups in total. The second-order valence-corrected chi connectivity index (χ2v) is 11.3. The Bertz CT molecular complexity index is 1510. The summed E-state index contributed by atoms with van der Waals surface area (Å²) in [6.07, 6.45) is 1.44. The van der Waals surface area contributed by atoms with Crippen LogP contribution < -0.4 is 35.5 Å². The highest BCUT2D eigenvalue weighted by Gasteiger charge is 2.27. The van der Waals surface area contributed by atoms with Gasteiger partial charge in [0.25, 0.3) is 5.91 Å². The lowest BCUT2D eigenvalue weighted by Gasteiger charge is -2.35. The van der Waals surface area contributed by atoms with Gasteiger partial charge in [0, 0.05) is 43.3 Å². The summed E-state index contributed by atoms with van der Waals surface area (Å²) in [6, 6.07) is 5.85. The van der Waals surface area contributed by atoms with Crippen molar-refractivity contribution in [1.29, 1.82) is 0 Å². The lowest BCUT2D eigenvalue weighted by Crippen LogP contribution is -2.46. The smallest absolute Gasteiger partial charge is 0.258 e. The number of benzene rings is 2. The van der Waals surface area contributed by atoms with Crippen LogP contribution in [0.4, 0.5) is 22.7 Å². The van der Waals surface area contributed by atoms with Gasteiger partial charge in [-0.3, -0.25) is 4.79 Å². The van der Waals surface area contributed by atoms with Gasteiger partial charge in [-0.25, -0.2) is 4.99 Å². The summed E-state index contributed by atoms with van der Waals surface area (Å²) in [6.45, 7) is 10.9. The number of thiophene rings is 1. The first-order valence-electron chi connectivity index (χ1n) is 13.3. The van der Waals surface area contributed by atoms with Crippen molar-refractivity contribution in [2.75, 3.05) is 69.6 Å². The molecule has 14 heteroatoms. The molecule has 0 unspecified atom stereocenters. The van der Waals surface area contributed by atoms with Crippen LogP contribution in [0.25, 0.3) is 0 Å². The molecule has 1 aliphatic heterocycles. The van der Waals surface area contributed by atoms with E-state index in [0.29, 0.717) is 22.0 Å². The molecule has 4 rings (SSSR count). The van der Waals surface area contributed by atoms with Gasteiger partial charge in [-0.2, -0.15) is 0 Å². The predicted octanol–water partition coefficient (Wildman–Crippen LogP) is 6.72. The molecule has 1 amide bonds. The number of anilines is 3. The van der Waals surface area contributed by atoms with Crippen LogP contribution in [0.1, 0.15) is 22.2 Å². The zero-order chi connectivity index (χ0) is 31.3. The number of amides is 1. The van der Waals surface area contributed by atoms with E-state index >= 15 is 0 Å². The molecule has 0 saturated carbocycles. The van der Waals surface area contributed by atoms with Gasteiger partial charge in [0.2, 0.25) is 0 Å². The van der Waals surface area contributed by atoms with Crippen LogP contribution >= 0.6 is 46.1 Å². The van der Waals surface area contributed by atoms with E-state index in [9.17, 15) is 4.79 Å². The summed E-state index contributed by atoms with van der Waals surface area (Å²) in [5.74, 6) is 0.452. The third kappa shape index (κ3) is 6.76. The van der Waals surface area contributed by atoms with E-state index in [-0.39, 0.29) is 43.7 Å². The molecule has 2 aromatic carbocycles. The number of methoxy groups -OCH3 is 3. The van der Waals surface area contributed by atoms with Gasteiger partial charge in [0.15, 0.2) is 11.5 Å². The number of rotatable bonds is 11. The molecule has 43 heavy (non-hydrogen) atoms. The van der Waals surface area contributed by atoms with Crippen LogP contribution in [0.2, 0.25) is 15.1 Å². The SMILES string of the molecule is C=CNc1c(C(=O)Nc2c(Cl)c(OC)c(Cl)c(OC)c2Cl)csc1C(N)=Nc1ccc(N2CCN(CC)CC2)cc1OC. The van der Waals surface area contributed by atoms with Crippen LogP contribution in [0.5, 0.6) is 17.2 Å². The molecule has 1 saturated heterocycles. The summed E-state index contributed by atoms with van der Waals surface area (Å²) in [5.41, 5.74) is 8.84. The maximum absolute atomic E-state index is 13.5. The van der Waals surface area contributed by atoms with Crippen molar-refractivity contribution in [3.63, 3.8) is 0 Å². The number of carbonyl (C=O) groups excluding carboxylic acids is 1. The number of aliphatic imine (C=N–C) groups is 1. The van der Waals surface area contributed by atoms with Gasteiger partial charge in [0.05, 0.1) is 43.1 Å². The van der Waals surface area contributed by atoms with E-state index in [0.717, 1.165) is 38.4 Å². The number of nitrogens with zero attached hydrogens (tertiary/aromatic N) is 3. The predicted molar refractivity (Wildman–Crippen MR) is 178 cm³/mol. The van der Waals surface area contributed by atoms with Crippen LogP contribution in [0, 0.1) is 0 Å². The number of nitrogens with one attached hydrogen (secondary N) is 2. The summed E-state index contributed by atoms with van der Waals surface area (Å²) in [7, 11) is 4.38. The lowest BCUT2D eigenvalue weighted by atomic mass is 10.2. The van der Waals surface area contributed by atoms with E-state index in [1.54, 1.807) is 12.5 Å². The molecule has 0 radical (unpaired) electrons. The van der Waals surface area contributed by atoms with Gasteiger partial charge in [-0.05, 0) is 24.9 Å². The van der Waals surface area contributed by atoms with Crippen molar-refractivity contribution in [3.8, 4) is 17.2 Å². The summed E-state index contributed by atoms with van der Waals surface area (Å²) >= 11 is 20.5. The molecule has 1 aromatic heterocycles. The standard InChI is InChI=1S/C29H33Cl3N6O4S/c1-6-34-23-17(29(39)36-24-20(30)25(41-4)22(32)26(42-5)21(24)31)15-43-27(23)28(33)35-18-9-8-16(14-19(18)40-3)38-12-10-37(7-2)11-13-38/h6,8-9,14-15,34H,1,7,10-13H2,2-5H3,(H2,33,35)(H,36,39). The van der Waals surface area contributed by atoms with E-state index in [1.165, 1.54) is 31.8 Å². The minimum absolute atomic E-state index is 0.0178. The highest BCUT2D eigenvalue weighted by molar-refractivity contribution is 7.13. The Morgan fingerprint density at radius 2 is 1.70 bits per heavy atom. The number of hydrogen-bond acceptors (Lipinski definition) is 9. The Hall–Kier alpha value is -3.35. The lowest BCUT2D eigenvalue weighted by molar-refractivity contribution is 0.102. The summed E-state index contributed by atoms with van der Waals surface area (Å²) in [5, 5.41) is 7.50. The van der Waals surface area contributed by atoms with Gasteiger partial charge in [-0.1, -0.05) is 48.3 Å². The molecule has 0 spiro atoms. The minimum atomic E-state index is -0.528. The van der Waals surface area contributed by atoms with Crippen molar-refractivity contribution < 1.29 is 19.0 Å². The molecule has 10 nitrogen and oxygen atoms in total. The molecular weight excluding hydrogens is 635 g/mol. The van der Waals surface area contributed by atoms with Crippen LogP contribution in [0.3, 0.4) is 0 Å². The van der Waals surface area contributed by atoms with E-state index < -0.39 is 5.91 Å². The van der Waals surface area contributed by atoms with Crippen molar-refractivity contribution >= 4 is 80.6 Å². The molecule has 0 bridgehead atoms. The number of likely N-dealkylation sites (N-methyl/N-ethyl adjacent to an activating group) is 1. The largest absolute Gasteiger partial charge is 0.494 e. The van der Waals surface area contributed by atoms with Crippen molar-refractivity contribution in [3.05, 3.63) is 61.9 Å². The maximum atomic E-state index is 13.5. The highest BCUT2D eigenvalue weighted by atomic mass is 35.5. The number of ether oxygens (including phenoxy) is 3. The fourth-order valence-electron chi connectivity index (χ4n) is 4.69. The second-order valence-electron chi connectivity index (χ2n) is 9.31. The first-order valence-corrected chi connectivity index (χ1v) is 15.3. The Morgan fingerprint density at radius 1 is 1.05 bits per heavy atom. The Labute approximate surface area is 270 Å². The Kier molecular flexibility index (Phi) is 10.9. The normalized spacial score (nSPS) is 13.9. The Balaban J connectivity index is 1.64. The van der Waals surface area contributed by atoms with Crippen molar-refractivity contribution in [2.45, 2.75) is 6.92 Å². The van der Waals surface area contributed by atoms with E-state index in [1.807, 2.05) is 18.2 Å². The van der Waals surface area contributed by atoms with E-state index in [4.69, 9.17) is 54.7 Å². The first-order chi connectivity index (χ1) is 20.7. The van der Waals surface area contributed by atoms with Crippen LogP contribution in [0.15, 0.2) is 41.4 Å². The molecule has 230 valence electrons. The fourth-order valence-corrected chi connectivity index (χ4v) is 6.71. The van der Waals surface area contributed by atoms with Crippen LogP contribution in [-0.4, -0.2) is 70.7 Å². The molecule has 2 heterocycles. The van der Waals surface area contributed by atoms with Crippen LogP contribution in [-0.2, 0) is 0 Å². The first kappa shape index (κ1) is 32.6. The minimum Gasteiger partial charge on any atom is -0.494 e. The number of piperazine rings is 1. The number of nitrogens with two attached hydrogens (primary N) is 1. The topological polar surface area (TPSA) is 114 Å². The molecule has 1 fully saturated rings. The maximum Gasteiger partial charge on any atom is 0.258 e. The van der Waals surface area contributed by atoms with Crippen molar-refractivity contribution in [1.82, 2.24) is 4.90 Å². The summed E-state index contributed by atoms with van der Waals surface area (Å²) in [4.78, 5) is 23.4. The quantitative estimate of drug-likeness (QED) is 0.153. The van der Waals surface area contributed by atoms with Gasteiger partial charge in [0.1, 0.15) is 32.3 Å². The zero-order valence-corrected chi connectivity index (χ0v) is 27.3. The molecule has 0 atom stereocenters.